The lowest BCUT2D eigenvalue weighted by atomic mass is 9.90. The highest BCUT2D eigenvalue weighted by Crippen LogP contribution is 2.26. The van der Waals surface area contributed by atoms with Crippen LogP contribution in [0.3, 0.4) is 0 Å². The zero-order valence-corrected chi connectivity index (χ0v) is 19.5. The Hall–Kier alpha value is -3.34. The summed E-state index contributed by atoms with van der Waals surface area (Å²) in [5, 5.41) is 19.2. The average Bonchev–Trinajstić information content (AvgIpc) is 2.67. The van der Waals surface area contributed by atoms with Crippen molar-refractivity contribution in [1.82, 2.24) is 15.3 Å². The van der Waals surface area contributed by atoms with Gasteiger partial charge in [-0.05, 0) is 71.2 Å². The van der Waals surface area contributed by atoms with E-state index in [1.165, 1.54) is 0 Å². The molecule has 0 unspecified atom stereocenters. The van der Waals surface area contributed by atoms with E-state index in [-0.39, 0.29) is 12.1 Å². The van der Waals surface area contributed by atoms with E-state index in [0.717, 1.165) is 42.6 Å². The normalized spacial score (nSPS) is 18.4. The second kappa shape index (κ2) is 9.86. The van der Waals surface area contributed by atoms with E-state index >= 15 is 0 Å². The van der Waals surface area contributed by atoms with Crippen LogP contribution in [0.4, 0.5) is 22.0 Å². The highest BCUT2D eigenvalue weighted by molar-refractivity contribution is 5.69. The number of aromatic nitrogens is 2. The molecular weight excluding hydrogens is 404 g/mol. The summed E-state index contributed by atoms with van der Waals surface area (Å²) in [6, 6.07) is 7.91. The largest absolute Gasteiger partial charge is 0.444 e. The summed E-state index contributed by atoms with van der Waals surface area (Å²) in [6.07, 6.45) is 5.16. The number of hydrogen-bond acceptors (Lipinski definition) is 7. The third kappa shape index (κ3) is 6.58. The molecule has 8 heteroatoms. The third-order valence-electron chi connectivity index (χ3n) is 5.17. The zero-order valence-electron chi connectivity index (χ0n) is 19.5. The first-order chi connectivity index (χ1) is 15.1. The molecule has 32 heavy (non-hydrogen) atoms. The fourth-order valence-corrected chi connectivity index (χ4v) is 3.92. The van der Waals surface area contributed by atoms with Crippen molar-refractivity contribution >= 4 is 23.3 Å². The number of pyridine rings is 2. The number of carbonyl (C=O) groups excluding carboxylic acids is 1. The Kier molecular flexibility index (Phi) is 7.18. The Labute approximate surface area is 189 Å². The van der Waals surface area contributed by atoms with Crippen LogP contribution in [0, 0.1) is 25.2 Å². The minimum Gasteiger partial charge on any atom is -0.444 e. The van der Waals surface area contributed by atoms with Crippen molar-refractivity contribution < 1.29 is 9.53 Å². The lowest BCUT2D eigenvalue weighted by Crippen LogP contribution is -2.49. The molecule has 1 aliphatic rings. The molecule has 2 aromatic heterocycles. The summed E-state index contributed by atoms with van der Waals surface area (Å²) in [5.41, 5.74) is 3.09. The van der Waals surface area contributed by atoms with Crippen molar-refractivity contribution in [2.75, 3.05) is 10.6 Å². The van der Waals surface area contributed by atoms with E-state index < -0.39 is 11.7 Å². The Balaban J connectivity index is 1.76. The van der Waals surface area contributed by atoms with Gasteiger partial charge in [0.1, 0.15) is 17.5 Å². The summed E-state index contributed by atoms with van der Waals surface area (Å²) in [5.74, 6) is 0.667. The minimum absolute atomic E-state index is 0.0400. The second-order valence-corrected chi connectivity index (χ2v) is 9.32. The van der Waals surface area contributed by atoms with E-state index in [1.807, 2.05) is 52.8 Å². The maximum absolute atomic E-state index is 12.3. The van der Waals surface area contributed by atoms with Crippen LogP contribution in [0.25, 0.3) is 0 Å². The first-order valence-electron chi connectivity index (χ1n) is 11.0. The van der Waals surface area contributed by atoms with Gasteiger partial charge in [-0.1, -0.05) is 12.8 Å². The number of carbonyl (C=O) groups is 1. The van der Waals surface area contributed by atoms with Crippen LogP contribution >= 0.6 is 0 Å². The highest BCUT2D eigenvalue weighted by Gasteiger charge is 2.28. The molecule has 3 N–H and O–H groups in total. The molecule has 0 aromatic carbocycles. The van der Waals surface area contributed by atoms with Gasteiger partial charge in [0.25, 0.3) is 0 Å². The van der Waals surface area contributed by atoms with Crippen molar-refractivity contribution in [2.24, 2.45) is 0 Å². The lowest BCUT2D eigenvalue weighted by Gasteiger charge is -2.34. The van der Waals surface area contributed by atoms with E-state index in [0.29, 0.717) is 17.2 Å². The summed E-state index contributed by atoms with van der Waals surface area (Å²) >= 11 is 0. The Bertz CT molecular complexity index is 988. The smallest absolute Gasteiger partial charge is 0.407 e. The molecule has 1 aliphatic carbocycles. The molecule has 0 bridgehead atoms. The Morgan fingerprint density at radius 2 is 1.88 bits per heavy atom. The molecule has 3 rings (SSSR count). The van der Waals surface area contributed by atoms with Crippen molar-refractivity contribution in [3.63, 3.8) is 0 Å². The monoisotopic (exact) mass is 436 g/mol. The molecular formula is C24H32N6O2. The van der Waals surface area contributed by atoms with Crippen LogP contribution in [0.2, 0.25) is 0 Å². The van der Waals surface area contributed by atoms with Crippen molar-refractivity contribution in [2.45, 2.75) is 78.0 Å². The van der Waals surface area contributed by atoms with Crippen LogP contribution in [-0.2, 0) is 4.74 Å². The number of hydrogen-bond donors (Lipinski definition) is 3. The van der Waals surface area contributed by atoms with E-state index in [4.69, 9.17) is 4.74 Å². The fourth-order valence-electron chi connectivity index (χ4n) is 3.92. The molecule has 2 atom stereocenters. The van der Waals surface area contributed by atoms with Crippen LogP contribution < -0.4 is 16.0 Å². The zero-order chi connectivity index (χ0) is 23.3. The number of amides is 1. The highest BCUT2D eigenvalue weighted by atomic mass is 16.6. The molecule has 8 nitrogen and oxygen atoms in total. The average molecular weight is 437 g/mol. The van der Waals surface area contributed by atoms with Gasteiger partial charge in [-0.3, -0.25) is 0 Å². The standard InChI is InChI=1S/C24H32N6O2/c1-15-10-16(2)27-22(11-15)29-20-12-17(14-26-21(20)13-25)28-18-8-6-7-9-19(18)30-23(31)32-24(3,4)5/h10-12,14,18-19,28H,6-9H2,1-5H3,(H,27,29)(H,30,31)/t18-,19+/m1/s1. The van der Waals surface area contributed by atoms with Gasteiger partial charge in [0.2, 0.25) is 0 Å². The number of nitrogens with zero attached hydrogens (tertiary/aromatic N) is 3. The van der Waals surface area contributed by atoms with Gasteiger partial charge < -0.3 is 20.7 Å². The maximum atomic E-state index is 12.3. The van der Waals surface area contributed by atoms with Gasteiger partial charge in [-0.25, -0.2) is 14.8 Å². The molecule has 2 heterocycles. The molecule has 1 fully saturated rings. The number of rotatable bonds is 5. The number of nitrogens with one attached hydrogen (secondary N) is 3. The van der Waals surface area contributed by atoms with Crippen LogP contribution in [0.1, 0.15) is 63.4 Å². The third-order valence-corrected chi connectivity index (χ3v) is 5.17. The molecule has 0 aliphatic heterocycles. The number of alkyl carbamates (subject to hydrolysis) is 1. The molecule has 2 aromatic rings. The molecule has 0 spiro atoms. The minimum atomic E-state index is -0.540. The molecule has 1 saturated carbocycles. The number of anilines is 3. The molecule has 1 amide bonds. The number of nitriles is 1. The van der Waals surface area contributed by atoms with Crippen molar-refractivity contribution in [1.29, 1.82) is 5.26 Å². The van der Waals surface area contributed by atoms with Crippen LogP contribution in [-0.4, -0.2) is 33.7 Å². The quantitative estimate of drug-likeness (QED) is 0.607. The van der Waals surface area contributed by atoms with Gasteiger partial charge in [0.05, 0.1) is 23.6 Å². The first kappa shape index (κ1) is 23.3. The Morgan fingerprint density at radius 1 is 1.16 bits per heavy atom. The van der Waals surface area contributed by atoms with E-state index in [2.05, 4.69) is 32.0 Å². The van der Waals surface area contributed by atoms with E-state index in [9.17, 15) is 10.1 Å². The van der Waals surface area contributed by atoms with Gasteiger partial charge in [-0.2, -0.15) is 5.26 Å². The molecule has 0 radical (unpaired) electrons. The van der Waals surface area contributed by atoms with Crippen LogP contribution in [0.15, 0.2) is 24.4 Å². The summed E-state index contributed by atoms with van der Waals surface area (Å²) < 4.78 is 5.43. The van der Waals surface area contributed by atoms with Crippen molar-refractivity contribution in [3.8, 4) is 6.07 Å². The van der Waals surface area contributed by atoms with Gasteiger partial charge in [-0.15, -0.1) is 0 Å². The summed E-state index contributed by atoms with van der Waals surface area (Å²) in [7, 11) is 0. The molecule has 0 saturated heterocycles. The number of aryl methyl sites for hydroxylation is 2. The topological polar surface area (TPSA) is 112 Å². The maximum Gasteiger partial charge on any atom is 0.407 e. The van der Waals surface area contributed by atoms with Gasteiger partial charge >= 0.3 is 6.09 Å². The van der Waals surface area contributed by atoms with Crippen molar-refractivity contribution in [3.05, 3.63) is 41.3 Å². The number of ether oxygens (including phenoxy) is 1. The summed E-state index contributed by atoms with van der Waals surface area (Å²) in [4.78, 5) is 21.1. The van der Waals surface area contributed by atoms with Gasteiger partial charge in [0.15, 0.2) is 5.69 Å². The predicted molar refractivity (Wildman–Crippen MR) is 125 cm³/mol. The molecule has 170 valence electrons. The first-order valence-corrected chi connectivity index (χ1v) is 11.0. The summed E-state index contributed by atoms with van der Waals surface area (Å²) in [6.45, 7) is 9.49. The lowest BCUT2D eigenvalue weighted by molar-refractivity contribution is 0.0488. The predicted octanol–water partition coefficient (Wildman–Crippen LogP) is 4.96. The van der Waals surface area contributed by atoms with Crippen LogP contribution in [0.5, 0.6) is 0 Å². The fraction of sp³-hybridized carbons (Fsp3) is 0.500. The van der Waals surface area contributed by atoms with Gasteiger partial charge in [0, 0.05) is 11.7 Å². The second-order valence-electron chi connectivity index (χ2n) is 9.32. The SMILES string of the molecule is Cc1cc(C)nc(Nc2cc(N[C@@H]3CCCC[C@@H]3NC(=O)OC(C)(C)C)cnc2C#N)c1. The Morgan fingerprint density at radius 3 is 2.53 bits per heavy atom. The van der Waals surface area contributed by atoms with E-state index in [1.54, 1.807) is 6.20 Å².